The Morgan fingerprint density at radius 1 is 1.16 bits per heavy atom. The summed E-state index contributed by atoms with van der Waals surface area (Å²) in [7, 11) is 4.00. The maximum Gasteiger partial charge on any atom is 0.225 e. The lowest BCUT2D eigenvalue weighted by molar-refractivity contribution is -0.137. The normalized spacial score (nSPS) is 20.0. The maximum absolute atomic E-state index is 12.8. The summed E-state index contributed by atoms with van der Waals surface area (Å²) in [6.07, 6.45) is 5.29. The Morgan fingerprint density at radius 3 is 2.44 bits per heavy atom. The molecule has 2 saturated heterocycles. The van der Waals surface area contributed by atoms with Crippen molar-refractivity contribution >= 4 is 17.4 Å². The second-order valence-electron chi connectivity index (χ2n) is 7.15. The van der Waals surface area contributed by atoms with Crippen LogP contribution in [0.4, 0.5) is 11.5 Å². The van der Waals surface area contributed by atoms with Gasteiger partial charge >= 0.3 is 0 Å². The largest absolute Gasteiger partial charge is 0.367 e. The van der Waals surface area contributed by atoms with Gasteiger partial charge in [0.15, 0.2) is 5.82 Å². The molecule has 0 aromatic carbocycles. The van der Waals surface area contributed by atoms with Gasteiger partial charge < -0.3 is 19.6 Å². The van der Waals surface area contributed by atoms with E-state index in [2.05, 4.69) is 31.6 Å². The van der Waals surface area contributed by atoms with Crippen molar-refractivity contribution in [2.45, 2.75) is 19.8 Å². The van der Waals surface area contributed by atoms with Crippen molar-refractivity contribution in [2.24, 2.45) is 5.92 Å². The Kier molecular flexibility index (Phi) is 5.73. The molecule has 0 unspecified atom stereocenters. The molecule has 2 fully saturated rings. The molecule has 0 saturated carbocycles. The van der Waals surface area contributed by atoms with Crippen LogP contribution in [0.5, 0.6) is 0 Å². The van der Waals surface area contributed by atoms with Crippen LogP contribution in [-0.2, 0) is 4.79 Å². The third kappa shape index (κ3) is 4.03. The fourth-order valence-corrected chi connectivity index (χ4v) is 3.79. The molecule has 25 heavy (non-hydrogen) atoms. The molecular weight excluding hydrogens is 316 g/mol. The predicted molar refractivity (Wildman–Crippen MR) is 100.0 cm³/mol. The second kappa shape index (κ2) is 7.99. The summed E-state index contributed by atoms with van der Waals surface area (Å²) in [5.74, 6) is 1.46. The lowest BCUT2D eigenvalue weighted by Gasteiger charge is -2.39. The van der Waals surface area contributed by atoms with Crippen LogP contribution < -0.4 is 9.80 Å². The predicted octanol–water partition coefficient (Wildman–Crippen LogP) is 0.923. The van der Waals surface area contributed by atoms with Crippen molar-refractivity contribution < 1.29 is 4.79 Å². The zero-order valence-corrected chi connectivity index (χ0v) is 15.7. The lowest BCUT2D eigenvalue weighted by atomic mass is 9.94. The zero-order valence-electron chi connectivity index (χ0n) is 15.7. The van der Waals surface area contributed by atoms with Crippen LogP contribution in [0.1, 0.15) is 19.8 Å². The highest BCUT2D eigenvalue weighted by molar-refractivity contribution is 5.79. The number of likely N-dealkylation sites (N-methyl/N-ethyl adjacent to an activating group) is 1. The molecule has 0 aliphatic carbocycles. The first-order chi connectivity index (χ1) is 12.1. The van der Waals surface area contributed by atoms with Gasteiger partial charge in [0, 0.05) is 59.3 Å². The molecule has 138 valence electrons. The highest BCUT2D eigenvalue weighted by atomic mass is 16.2. The van der Waals surface area contributed by atoms with Crippen LogP contribution in [-0.4, -0.2) is 85.6 Å². The van der Waals surface area contributed by atoms with Gasteiger partial charge in [0.25, 0.3) is 0 Å². The van der Waals surface area contributed by atoms with E-state index in [1.165, 1.54) is 0 Å². The number of hydrogen-bond donors (Lipinski definition) is 0. The van der Waals surface area contributed by atoms with Gasteiger partial charge in [0.1, 0.15) is 6.33 Å². The molecule has 0 N–H and O–H groups in total. The summed E-state index contributed by atoms with van der Waals surface area (Å²) in [5.41, 5.74) is 1.06. The highest BCUT2D eigenvalue weighted by Gasteiger charge is 2.31. The zero-order chi connectivity index (χ0) is 17.8. The number of anilines is 2. The lowest BCUT2D eigenvalue weighted by Crippen LogP contribution is -2.51. The Hall–Kier alpha value is -1.89. The summed E-state index contributed by atoms with van der Waals surface area (Å²) < 4.78 is 0. The summed E-state index contributed by atoms with van der Waals surface area (Å²) in [6.45, 7) is 8.81. The molecule has 3 heterocycles. The number of carbonyl (C=O) groups excluding carboxylic acids is 1. The maximum atomic E-state index is 12.8. The van der Waals surface area contributed by atoms with Crippen molar-refractivity contribution in [1.82, 2.24) is 19.8 Å². The first-order valence-corrected chi connectivity index (χ1v) is 9.33. The molecule has 1 amide bonds. The van der Waals surface area contributed by atoms with E-state index in [1.54, 1.807) is 6.33 Å². The third-order valence-electron chi connectivity index (χ3n) is 5.41. The topological polar surface area (TPSA) is 55.8 Å². The molecule has 0 spiro atoms. The monoisotopic (exact) mass is 346 g/mol. The van der Waals surface area contributed by atoms with E-state index in [-0.39, 0.29) is 5.92 Å². The van der Waals surface area contributed by atoms with Crippen LogP contribution in [0.15, 0.2) is 12.5 Å². The highest BCUT2D eigenvalue weighted by Crippen LogP contribution is 2.29. The van der Waals surface area contributed by atoms with Crippen molar-refractivity contribution in [1.29, 1.82) is 0 Å². The van der Waals surface area contributed by atoms with E-state index < -0.39 is 0 Å². The molecule has 7 nitrogen and oxygen atoms in total. The number of piperazine rings is 1. The van der Waals surface area contributed by atoms with Gasteiger partial charge in [-0.05, 0) is 19.4 Å². The van der Waals surface area contributed by atoms with Crippen LogP contribution in [0.3, 0.4) is 0 Å². The minimum absolute atomic E-state index is 0.164. The number of rotatable bonds is 4. The van der Waals surface area contributed by atoms with Gasteiger partial charge in [0.2, 0.25) is 5.91 Å². The number of carbonyl (C=O) groups is 1. The first kappa shape index (κ1) is 17.9. The molecule has 1 aromatic rings. The molecule has 2 aliphatic rings. The van der Waals surface area contributed by atoms with Crippen LogP contribution in [0.25, 0.3) is 0 Å². The molecule has 0 atom stereocenters. The summed E-state index contributed by atoms with van der Waals surface area (Å²) in [6, 6.07) is 0. The number of nitrogens with zero attached hydrogens (tertiary/aromatic N) is 6. The van der Waals surface area contributed by atoms with Crippen LogP contribution in [0.2, 0.25) is 0 Å². The van der Waals surface area contributed by atoms with Gasteiger partial charge in [0.05, 0.1) is 11.9 Å². The molecule has 3 rings (SSSR count). The number of aromatic nitrogens is 2. The molecule has 0 bridgehead atoms. The van der Waals surface area contributed by atoms with E-state index in [0.29, 0.717) is 5.91 Å². The average molecular weight is 346 g/mol. The van der Waals surface area contributed by atoms with Crippen LogP contribution >= 0.6 is 0 Å². The number of amides is 1. The van der Waals surface area contributed by atoms with Gasteiger partial charge in [-0.25, -0.2) is 9.97 Å². The summed E-state index contributed by atoms with van der Waals surface area (Å²) in [5, 5.41) is 0. The summed E-state index contributed by atoms with van der Waals surface area (Å²) in [4.78, 5) is 30.2. The van der Waals surface area contributed by atoms with E-state index in [9.17, 15) is 4.79 Å². The average Bonchev–Trinajstić information content (AvgIpc) is 2.67. The minimum Gasteiger partial charge on any atom is -0.367 e. The second-order valence-corrected chi connectivity index (χ2v) is 7.15. The van der Waals surface area contributed by atoms with Crippen molar-refractivity contribution in [2.75, 3.05) is 69.7 Å². The van der Waals surface area contributed by atoms with Gasteiger partial charge in [-0.15, -0.1) is 0 Å². The van der Waals surface area contributed by atoms with Crippen LogP contribution in [0, 0.1) is 5.92 Å². The van der Waals surface area contributed by atoms with E-state index in [0.717, 1.165) is 70.2 Å². The summed E-state index contributed by atoms with van der Waals surface area (Å²) >= 11 is 0. The molecule has 2 aliphatic heterocycles. The third-order valence-corrected chi connectivity index (χ3v) is 5.41. The molecule has 1 aromatic heterocycles. The number of piperidine rings is 1. The van der Waals surface area contributed by atoms with E-state index >= 15 is 0 Å². The fraction of sp³-hybridized carbons (Fsp3) is 0.722. The van der Waals surface area contributed by atoms with Gasteiger partial charge in [-0.1, -0.05) is 6.92 Å². The smallest absolute Gasteiger partial charge is 0.225 e. The van der Waals surface area contributed by atoms with Gasteiger partial charge in [-0.3, -0.25) is 4.79 Å². The Morgan fingerprint density at radius 2 is 1.84 bits per heavy atom. The van der Waals surface area contributed by atoms with Crippen molar-refractivity contribution in [3.8, 4) is 0 Å². The first-order valence-electron chi connectivity index (χ1n) is 9.33. The Balaban J connectivity index is 1.56. The fourth-order valence-electron chi connectivity index (χ4n) is 3.79. The Labute approximate surface area is 150 Å². The SMILES string of the molecule is CCN1CCN(C(=O)C2CCN(c3cncnc3N(C)C)CC2)CC1. The van der Waals surface area contributed by atoms with Crippen molar-refractivity contribution in [3.63, 3.8) is 0 Å². The van der Waals surface area contributed by atoms with E-state index in [4.69, 9.17) is 0 Å². The molecular formula is C18H30N6O. The standard InChI is InChI=1S/C18H30N6O/c1-4-22-9-11-24(12-10-22)18(25)15-5-7-23(8-6-15)16-13-19-14-20-17(16)21(2)3/h13-15H,4-12H2,1-3H3. The number of hydrogen-bond acceptors (Lipinski definition) is 6. The van der Waals surface area contributed by atoms with E-state index in [1.807, 2.05) is 25.2 Å². The van der Waals surface area contributed by atoms with Crippen molar-refractivity contribution in [3.05, 3.63) is 12.5 Å². The quantitative estimate of drug-likeness (QED) is 0.808. The molecule has 0 radical (unpaired) electrons. The van der Waals surface area contributed by atoms with Gasteiger partial charge in [-0.2, -0.15) is 0 Å². The Bertz CT molecular complexity index is 577. The molecule has 7 heteroatoms. The minimum atomic E-state index is 0.164.